The molecule has 0 spiro atoms. The fourth-order valence-corrected chi connectivity index (χ4v) is 2.03. The van der Waals surface area contributed by atoms with Crippen molar-refractivity contribution in [3.8, 4) is 0 Å². The van der Waals surface area contributed by atoms with Crippen LogP contribution < -0.4 is 0 Å². The van der Waals surface area contributed by atoms with Gasteiger partial charge in [0.05, 0.1) is 0 Å². The van der Waals surface area contributed by atoms with Gasteiger partial charge in [-0.15, -0.1) is 6.58 Å². The summed E-state index contributed by atoms with van der Waals surface area (Å²) in [5.74, 6) is -0.355. The Morgan fingerprint density at radius 1 is 1.54 bits per heavy atom. The zero-order valence-corrected chi connectivity index (χ0v) is 7.95. The Labute approximate surface area is 77.7 Å². The number of carbonyl (C=O) groups is 1. The molecule has 13 heavy (non-hydrogen) atoms. The smallest absolute Gasteiger partial charge is 0.165 e. The molecular weight excluding hydrogens is 168 g/mol. The van der Waals surface area contributed by atoms with Crippen LogP contribution >= 0.6 is 0 Å². The predicted octanol–water partition coefficient (Wildman–Crippen LogP) is 1.28. The molecule has 2 fully saturated rings. The number of ether oxygens (including phenoxy) is 2. The first-order valence-corrected chi connectivity index (χ1v) is 4.54. The zero-order valence-electron chi connectivity index (χ0n) is 7.95. The van der Waals surface area contributed by atoms with E-state index < -0.39 is 5.79 Å². The van der Waals surface area contributed by atoms with Gasteiger partial charge in [-0.1, -0.05) is 6.08 Å². The van der Waals surface area contributed by atoms with E-state index in [-0.39, 0.29) is 23.9 Å². The Morgan fingerprint density at radius 3 is 2.85 bits per heavy atom. The Balaban J connectivity index is 2.22. The van der Waals surface area contributed by atoms with Gasteiger partial charge in [0.2, 0.25) is 0 Å². The number of fused-ring (bicyclic) bond motifs is 1. The molecule has 0 bridgehead atoms. The highest BCUT2D eigenvalue weighted by atomic mass is 16.8. The number of hydrogen-bond acceptors (Lipinski definition) is 3. The predicted molar refractivity (Wildman–Crippen MR) is 47.1 cm³/mol. The van der Waals surface area contributed by atoms with E-state index in [2.05, 4.69) is 6.58 Å². The largest absolute Gasteiger partial charge is 0.343 e. The van der Waals surface area contributed by atoms with E-state index in [9.17, 15) is 4.79 Å². The van der Waals surface area contributed by atoms with Crippen LogP contribution in [0.1, 0.15) is 20.3 Å². The molecule has 1 saturated heterocycles. The summed E-state index contributed by atoms with van der Waals surface area (Å²) in [6, 6.07) is 0. The topological polar surface area (TPSA) is 35.5 Å². The SMILES string of the molecule is C=C[C@H]1CC(=O)C2OC(C)(C)O[C@@H]21. The molecule has 3 nitrogen and oxygen atoms in total. The fourth-order valence-electron chi connectivity index (χ4n) is 2.03. The molecule has 0 radical (unpaired) electrons. The molecule has 0 aromatic heterocycles. The van der Waals surface area contributed by atoms with Crippen LogP contribution in [0.4, 0.5) is 0 Å². The molecule has 0 aromatic rings. The van der Waals surface area contributed by atoms with Crippen molar-refractivity contribution in [1.82, 2.24) is 0 Å². The second-order valence-electron chi connectivity index (χ2n) is 4.09. The summed E-state index contributed by atoms with van der Waals surface area (Å²) >= 11 is 0. The normalized spacial score (nSPS) is 42.0. The van der Waals surface area contributed by atoms with Gasteiger partial charge in [-0.3, -0.25) is 4.79 Å². The highest BCUT2D eigenvalue weighted by molar-refractivity contribution is 5.87. The maximum absolute atomic E-state index is 11.5. The van der Waals surface area contributed by atoms with Gasteiger partial charge in [-0.25, -0.2) is 0 Å². The first-order chi connectivity index (χ1) is 6.03. The highest BCUT2D eigenvalue weighted by Crippen LogP contribution is 2.39. The summed E-state index contributed by atoms with van der Waals surface area (Å²) in [6.07, 6.45) is 1.82. The summed E-state index contributed by atoms with van der Waals surface area (Å²) in [7, 11) is 0. The lowest BCUT2D eigenvalue weighted by atomic mass is 10.1. The van der Waals surface area contributed by atoms with Crippen molar-refractivity contribution in [1.29, 1.82) is 0 Å². The molecule has 1 heterocycles. The van der Waals surface area contributed by atoms with Gasteiger partial charge in [-0.05, 0) is 13.8 Å². The maximum atomic E-state index is 11.5. The van der Waals surface area contributed by atoms with Crippen molar-refractivity contribution < 1.29 is 14.3 Å². The summed E-state index contributed by atoms with van der Waals surface area (Å²) in [4.78, 5) is 11.5. The Morgan fingerprint density at radius 2 is 2.23 bits per heavy atom. The quantitative estimate of drug-likeness (QED) is 0.573. The van der Waals surface area contributed by atoms with Gasteiger partial charge in [0.15, 0.2) is 11.6 Å². The van der Waals surface area contributed by atoms with Crippen molar-refractivity contribution in [2.75, 3.05) is 0 Å². The van der Waals surface area contributed by atoms with Crippen LogP contribution in [0.3, 0.4) is 0 Å². The van der Waals surface area contributed by atoms with Crippen LogP contribution in [-0.4, -0.2) is 23.8 Å². The first kappa shape index (κ1) is 8.91. The molecule has 1 aliphatic heterocycles. The summed E-state index contributed by atoms with van der Waals surface area (Å²) in [5, 5.41) is 0. The molecule has 0 aromatic carbocycles. The van der Waals surface area contributed by atoms with E-state index >= 15 is 0 Å². The van der Waals surface area contributed by atoms with Gasteiger partial charge in [0.1, 0.15) is 12.2 Å². The van der Waals surface area contributed by atoms with Crippen molar-refractivity contribution in [2.24, 2.45) is 5.92 Å². The van der Waals surface area contributed by atoms with Crippen molar-refractivity contribution in [3.63, 3.8) is 0 Å². The number of rotatable bonds is 1. The third-order valence-corrected chi connectivity index (χ3v) is 2.61. The monoisotopic (exact) mass is 182 g/mol. The number of Topliss-reactive ketones (excluding diaryl/α,β-unsaturated/α-hetero) is 1. The van der Waals surface area contributed by atoms with E-state index in [1.165, 1.54) is 0 Å². The third kappa shape index (κ3) is 1.32. The zero-order chi connectivity index (χ0) is 9.64. The Hall–Kier alpha value is -0.670. The van der Waals surface area contributed by atoms with Gasteiger partial charge in [0.25, 0.3) is 0 Å². The van der Waals surface area contributed by atoms with Gasteiger partial charge >= 0.3 is 0 Å². The standard InChI is InChI=1S/C10H14O3/c1-4-6-5-7(11)9-8(6)12-10(2,3)13-9/h4,6,8-9H,1,5H2,2-3H3/t6-,8+,9?/m0/s1. The lowest BCUT2D eigenvalue weighted by Crippen LogP contribution is -2.25. The maximum Gasteiger partial charge on any atom is 0.165 e. The lowest BCUT2D eigenvalue weighted by Gasteiger charge is -2.19. The lowest BCUT2D eigenvalue weighted by molar-refractivity contribution is -0.161. The average molecular weight is 182 g/mol. The molecule has 72 valence electrons. The van der Waals surface area contributed by atoms with E-state index in [4.69, 9.17) is 9.47 Å². The first-order valence-electron chi connectivity index (χ1n) is 4.54. The molecule has 2 aliphatic rings. The van der Waals surface area contributed by atoms with Crippen LogP contribution in [0.15, 0.2) is 12.7 Å². The molecule has 3 atom stereocenters. The summed E-state index contributed by atoms with van der Waals surface area (Å²) < 4.78 is 11.1. The Kier molecular flexibility index (Phi) is 1.82. The van der Waals surface area contributed by atoms with Crippen LogP contribution in [0.5, 0.6) is 0 Å². The molecule has 3 heteroatoms. The van der Waals surface area contributed by atoms with Crippen LogP contribution in [0.2, 0.25) is 0 Å². The van der Waals surface area contributed by atoms with Crippen molar-refractivity contribution >= 4 is 5.78 Å². The molecule has 0 amide bonds. The molecule has 2 rings (SSSR count). The van der Waals surface area contributed by atoms with Gasteiger partial charge in [0, 0.05) is 12.3 Å². The second kappa shape index (κ2) is 2.66. The highest BCUT2D eigenvalue weighted by Gasteiger charge is 2.52. The molecule has 0 N–H and O–H groups in total. The fraction of sp³-hybridized carbons (Fsp3) is 0.700. The summed E-state index contributed by atoms with van der Waals surface area (Å²) in [5.41, 5.74) is 0. The van der Waals surface area contributed by atoms with E-state index in [0.717, 1.165) is 0 Å². The number of carbonyl (C=O) groups excluding carboxylic acids is 1. The van der Waals surface area contributed by atoms with Crippen molar-refractivity contribution in [2.45, 2.75) is 38.3 Å². The third-order valence-electron chi connectivity index (χ3n) is 2.61. The van der Waals surface area contributed by atoms with Crippen LogP contribution in [-0.2, 0) is 14.3 Å². The van der Waals surface area contributed by atoms with E-state index in [1.807, 2.05) is 13.8 Å². The summed E-state index contributed by atoms with van der Waals surface area (Å²) in [6.45, 7) is 7.36. The molecule has 1 aliphatic carbocycles. The minimum atomic E-state index is -0.618. The van der Waals surface area contributed by atoms with Crippen molar-refractivity contribution in [3.05, 3.63) is 12.7 Å². The molecule has 1 unspecified atom stereocenters. The van der Waals surface area contributed by atoms with E-state index in [0.29, 0.717) is 6.42 Å². The van der Waals surface area contributed by atoms with Gasteiger partial charge in [-0.2, -0.15) is 0 Å². The van der Waals surface area contributed by atoms with E-state index in [1.54, 1.807) is 6.08 Å². The minimum Gasteiger partial charge on any atom is -0.343 e. The average Bonchev–Trinajstić information content (AvgIpc) is 2.47. The van der Waals surface area contributed by atoms with Crippen LogP contribution in [0.25, 0.3) is 0 Å². The van der Waals surface area contributed by atoms with Gasteiger partial charge < -0.3 is 9.47 Å². The molecular formula is C10H14O3. The Bertz CT molecular complexity index is 257. The molecule has 1 saturated carbocycles. The number of ketones is 1. The van der Waals surface area contributed by atoms with Crippen LogP contribution in [0, 0.1) is 5.92 Å². The minimum absolute atomic E-state index is 0.111. The second-order valence-corrected chi connectivity index (χ2v) is 4.09. The number of hydrogen-bond donors (Lipinski definition) is 0.